The maximum atomic E-state index is 10.6. The Hall–Kier alpha value is -1.14. The van der Waals surface area contributed by atoms with Crippen molar-refractivity contribution in [1.29, 1.82) is 0 Å². The fourth-order valence-electron chi connectivity index (χ4n) is 1.28. The first-order chi connectivity index (χ1) is 8.19. The molecule has 0 aliphatic carbocycles. The van der Waals surface area contributed by atoms with Crippen molar-refractivity contribution < 1.29 is 14.4 Å². The van der Waals surface area contributed by atoms with E-state index in [0.717, 1.165) is 5.56 Å². The second-order valence-electron chi connectivity index (χ2n) is 3.23. The van der Waals surface area contributed by atoms with Gasteiger partial charge in [0.25, 0.3) is 5.69 Å². The first kappa shape index (κ1) is 13.9. The average Bonchev–Trinajstić information content (AvgIpc) is 2.34. The monoisotopic (exact) mass is 303 g/mol. The van der Waals surface area contributed by atoms with Crippen molar-refractivity contribution in [1.82, 2.24) is 0 Å². The average molecular weight is 304 g/mol. The van der Waals surface area contributed by atoms with Gasteiger partial charge in [0.1, 0.15) is 12.4 Å². The lowest BCUT2D eigenvalue weighted by molar-refractivity contribution is -0.384. The van der Waals surface area contributed by atoms with Crippen molar-refractivity contribution in [2.24, 2.45) is 0 Å². The Morgan fingerprint density at radius 1 is 1.41 bits per heavy atom. The van der Waals surface area contributed by atoms with Crippen LogP contribution in [-0.2, 0) is 10.1 Å². The number of non-ortho nitro benzene ring substituents is 1. The number of nitro benzene ring substituents is 1. The Bertz CT molecular complexity index is 384. The highest BCUT2D eigenvalue weighted by molar-refractivity contribution is 9.08. The van der Waals surface area contributed by atoms with Gasteiger partial charge in [-0.05, 0) is 13.0 Å². The van der Waals surface area contributed by atoms with Crippen LogP contribution in [0.5, 0.6) is 5.75 Å². The molecule has 0 spiro atoms. The van der Waals surface area contributed by atoms with Crippen LogP contribution in [0.2, 0.25) is 0 Å². The van der Waals surface area contributed by atoms with Crippen molar-refractivity contribution in [3.63, 3.8) is 0 Å². The van der Waals surface area contributed by atoms with Crippen molar-refractivity contribution in [2.75, 3.05) is 19.8 Å². The van der Waals surface area contributed by atoms with Crippen molar-refractivity contribution in [2.45, 2.75) is 12.3 Å². The van der Waals surface area contributed by atoms with Gasteiger partial charge in [-0.3, -0.25) is 10.1 Å². The molecule has 0 fully saturated rings. The molecule has 0 amide bonds. The van der Waals surface area contributed by atoms with Crippen LogP contribution in [0.3, 0.4) is 0 Å². The zero-order valence-corrected chi connectivity index (χ0v) is 11.1. The molecule has 1 rings (SSSR count). The number of benzene rings is 1. The summed E-state index contributed by atoms with van der Waals surface area (Å²) >= 11 is 3.28. The number of alkyl halides is 1. The molecular weight excluding hydrogens is 290 g/mol. The lowest BCUT2D eigenvalue weighted by atomic mass is 10.2. The summed E-state index contributed by atoms with van der Waals surface area (Å²) < 4.78 is 10.6. The third kappa shape index (κ3) is 4.32. The highest BCUT2D eigenvalue weighted by Gasteiger charge is 2.10. The Kier molecular flexibility index (Phi) is 5.93. The molecule has 0 unspecified atom stereocenters. The molecule has 0 bridgehead atoms. The van der Waals surface area contributed by atoms with E-state index in [-0.39, 0.29) is 5.69 Å². The van der Waals surface area contributed by atoms with Gasteiger partial charge >= 0.3 is 0 Å². The summed E-state index contributed by atoms with van der Waals surface area (Å²) in [5.74, 6) is 0.646. The third-order valence-corrected chi connectivity index (χ3v) is 2.69. The Balaban J connectivity index is 2.68. The standard InChI is InChI=1S/C11H14BrNO4/c1-2-16-5-6-17-11-4-3-10(13(14)15)7-9(11)8-12/h3-4,7H,2,5-6,8H2,1H3. The van der Waals surface area contributed by atoms with Crippen LogP contribution in [-0.4, -0.2) is 24.7 Å². The first-order valence-electron chi connectivity index (χ1n) is 5.22. The molecule has 0 aliphatic heterocycles. The summed E-state index contributed by atoms with van der Waals surface area (Å²) in [7, 11) is 0. The lowest BCUT2D eigenvalue weighted by Crippen LogP contribution is -2.07. The molecule has 0 aromatic heterocycles. The Morgan fingerprint density at radius 2 is 2.18 bits per heavy atom. The van der Waals surface area contributed by atoms with Crippen LogP contribution in [0, 0.1) is 10.1 Å². The fraction of sp³-hybridized carbons (Fsp3) is 0.455. The third-order valence-electron chi connectivity index (χ3n) is 2.09. The molecular formula is C11H14BrNO4. The van der Waals surface area contributed by atoms with Gasteiger partial charge in [-0.1, -0.05) is 15.9 Å². The number of hydrogen-bond acceptors (Lipinski definition) is 4. The largest absolute Gasteiger partial charge is 0.491 e. The van der Waals surface area contributed by atoms with E-state index in [2.05, 4.69) is 15.9 Å². The van der Waals surface area contributed by atoms with Crippen LogP contribution < -0.4 is 4.74 Å². The topological polar surface area (TPSA) is 61.6 Å². The molecule has 1 aromatic rings. The Labute approximate surface area is 108 Å². The zero-order valence-electron chi connectivity index (χ0n) is 9.52. The molecule has 0 radical (unpaired) electrons. The summed E-state index contributed by atoms with van der Waals surface area (Å²) in [5, 5.41) is 11.1. The molecule has 0 saturated carbocycles. The van der Waals surface area contributed by atoms with Crippen LogP contribution in [0.1, 0.15) is 12.5 Å². The van der Waals surface area contributed by atoms with E-state index in [9.17, 15) is 10.1 Å². The number of ether oxygens (including phenoxy) is 2. The Morgan fingerprint density at radius 3 is 2.76 bits per heavy atom. The summed E-state index contributed by atoms with van der Waals surface area (Å²) in [6, 6.07) is 4.55. The second kappa shape index (κ2) is 7.24. The van der Waals surface area contributed by atoms with Crippen LogP contribution in [0.4, 0.5) is 5.69 Å². The smallest absolute Gasteiger partial charge is 0.270 e. The van der Waals surface area contributed by atoms with E-state index in [4.69, 9.17) is 9.47 Å². The molecule has 0 saturated heterocycles. The van der Waals surface area contributed by atoms with Crippen LogP contribution >= 0.6 is 15.9 Å². The molecule has 0 heterocycles. The van der Waals surface area contributed by atoms with Gasteiger partial charge < -0.3 is 9.47 Å². The number of rotatable bonds is 7. The number of nitrogens with zero attached hydrogens (tertiary/aromatic N) is 1. The van der Waals surface area contributed by atoms with E-state index in [1.165, 1.54) is 12.1 Å². The summed E-state index contributed by atoms with van der Waals surface area (Å²) in [4.78, 5) is 10.2. The molecule has 0 N–H and O–H groups in total. The van der Waals surface area contributed by atoms with Crippen molar-refractivity contribution in [3.05, 3.63) is 33.9 Å². The van der Waals surface area contributed by atoms with Crippen LogP contribution in [0.25, 0.3) is 0 Å². The minimum atomic E-state index is -0.421. The normalized spacial score (nSPS) is 10.2. The number of halogens is 1. The molecule has 6 heteroatoms. The van der Waals surface area contributed by atoms with E-state index < -0.39 is 4.92 Å². The van der Waals surface area contributed by atoms with E-state index in [1.54, 1.807) is 6.07 Å². The van der Waals surface area contributed by atoms with E-state index in [1.807, 2.05) is 6.92 Å². The van der Waals surface area contributed by atoms with Gasteiger partial charge in [0.15, 0.2) is 0 Å². The molecule has 1 aromatic carbocycles. The van der Waals surface area contributed by atoms with Gasteiger partial charge in [0.2, 0.25) is 0 Å². The molecule has 94 valence electrons. The SMILES string of the molecule is CCOCCOc1ccc([N+](=O)[O-])cc1CBr. The van der Waals surface area contributed by atoms with Crippen molar-refractivity contribution in [3.8, 4) is 5.75 Å². The highest BCUT2D eigenvalue weighted by atomic mass is 79.9. The first-order valence-corrected chi connectivity index (χ1v) is 6.35. The highest BCUT2D eigenvalue weighted by Crippen LogP contribution is 2.26. The van der Waals surface area contributed by atoms with Gasteiger partial charge in [-0.25, -0.2) is 0 Å². The molecule has 17 heavy (non-hydrogen) atoms. The molecule has 5 nitrogen and oxygen atoms in total. The summed E-state index contributed by atoms with van der Waals surface area (Å²) in [6.45, 7) is 3.51. The predicted molar refractivity (Wildman–Crippen MR) is 67.7 cm³/mol. The zero-order chi connectivity index (χ0) is 12.7. The fourth-order valence-corrected chi connectivity index (χ4v) is 1.72. The van der Waals surface area contributed by atoms with Crippen molar-refractivity contribution >= 4 is 21.6 Å². The number of hydrogen-bond donors (Lipinski definition) is 0. The van der Waals surface area contributed by atoms with Gasteiger partial charge in [0, 0.05) is 29.6 Å². The van der Waals surface area contributed by atoms with Crippen LogP contribution in [0.15, 0.2) is 18.2 Å². The van der Waals surface area contributed by atoms with E-state index in [0.29, 0.717) is 30.9 Å². The maximum Gasteiger partial charge on any atom is 0.270 e. The van der Waals surface area contributed by atoms with Gasteiger partial charge in [0.05, 0.1) is 11.5 Å². The molecule has 0 atom stereocenters. The summed E-state index contributed by atoms with van der Waals surface area (Å²) in [6.07, 6.45) is 0. The number of nitro groups is 1. The minimum Gasteiger partial charge on any atom is -0.491 e. The lowest BCUT2D eigenvalue weighted by Gasteiger charge is -2.09. The second-order valence-corrected chi connectivity index (χ2v) is 3.79. The predicted octanol–water partition coefficient (Wildman–Crippen LogP) is 2.91. The quantitative estimate of drug-likeness (QED) is 0.336. The van der Waals surface area contributed by atoms with Gasteiger partial charge in [-0.15, -0.1) is 0 Å². The minimum absolute atomic E-state index is 0.0663. The summed E-state index contributed by atoms with van der Waals surface area (Å²) in [5.41, 5.74) is 0.826. The van der Waals surface area contributed by atoms with Gasteiger partial charge in [-0.2, -0.15) is 0 Å². The molecule has 0 aliphatic rings. The maximum absolute atomic E-state index is 10.6. The van der Waals surface area contributed by atoms with E-state index >= 15 is 0 Å².